The predicted octanol–water partition coefficient (Wildman–Crippen LogP) is 7.68. The van der Waals surface area contributed by atoms with Gasteiger partial charge in [-0.15, -0.1) is 22.7 Å². The molecular formula is C21H10Br2S2. The zero-order valence-electron chi connectivity index (χ0n) is 12.8. The summed E-state index contributed by atoms with van der Waals surface area (Å²) in [6.45, 7) is 0. The van der Waals surface area contributed by atoms with E-state index in [0.29, 0.717) is 0 Å². The summed E-state index contributed by atoms with van der Waals surface area (Å²) in [6, 6.07) is 18.1. The van der Waals surface area contributed by atoms with Crippen molar-refractivity contribution in [2.45, 2.75) is 5.41 Å². The Morgan fingerprint density at radius 1 is 0.600 bits per heavy atom. The number of halogens is 2. The molecule has 0 bridgehead atoms. The molecule has 0 unspecified atom stereocenters. The molecule has 6 rings (SSSR count). The van der Waals surface area contributed by atoms with E-state index in [2.05, 4.69) is 91.2 Å². The lowest BCUT2D eigenvalue weighted by Gasteiger charge is -2.28. The number of hydrogen-bond acceptors (Lipinski definition) is 2. The smallest absolute Gasteiger partial charge is 0.0912 e. The fraction of sp³-hybridized carbons (Fsp3) is 0.0476. The van der Waals surface area contributed by atoms with Gasteiger partial charge in [-0.3, -0.25) is 0 Å². The van der Waals surface area contributed by atoms with Gasteiger partial charge in [0.05, 0.1) is 5.41 Å². The van der Waals surface area contributed by atoms with Crippen LogP contribution >= 0.6 is 54.5 Å². The molecule has 2 aromatic heterocycles. The molecule has 0 amide bonds. The lowest BCUT2D eigenvalue weighted by Crippen LogP contribution is -2.23. The van der Waals surface area contributed by atoms with Crippen LogP contribution in [0.1, 0.15) is 20.9 Å². The van der Waals surface area contributed by atoms with Crippen LogP contribution in [0.2, 0.25) is 0 Å². The number of benzene rings is 2. The lowest BCUT2D eigenvalue weighted by molar-refractivity contribution is 0.829. The second-order valence-corrected chi connectivity index (χ2v) is 10.1. The van der Waals surface area contributed by atoms with Crippen molar-refractivity contribution in [2.75, 3.05) is 0 Å². The zero-order chi connectivity index (χ0) is 16.8. The van der Waals surface area contributed by atoms with Crippen molar-refractivity contribution in [2.24, 2.45) is 0 Å². The summed E-state index contributed by atoms with van der Waals surface area (Å²) in [5.74, 6) is 0. The van der Waals surface area contributed by atoms with Crippen molar-refractivity contribution >= 4 is 54.5 Å². The molecule has 0 aliphatic heterocycles. The monoisotopic (exact) mass is 484 g/mol. The Bertz CT molecular complexity index is 1090. The summed E-state index contributed by atoms with van der Waals surface area (Å²) < 4.78 is 2.28. The summed E-state index contributed by atoms with van der Waals surface area (Å²) in [7, 11) is 0. The Balaban J connectivity index is 1.87. The number of hydrogen-bond donors (Lipinski definition) is 0. The minimum atomic E-state index is -0.161. The molecule has 0 atom stereocenters. The van der Waals surface area contributed by atoms with Gasteiger partial charge in [0.1, 0.15) is 0 Å². The summed E-state index contributed by atoms with van der Waals surface area (Å²) in [5.41, 5.74) is 8.16. The van der Waals surface area contributed by atoms with Crippen molar-refractivity contribution < 1.29 is 0 Å². The van der Waals surface area contributed by atoms with Gasteiger partial charge < -0.3 is 0 Å². The average molecular weight is 486 g/mol. The Morgan fingerprint density at radius 2 is 1.08 bits per heavy atom. The van der Waals surface area contributed by atoms with Crippen LogP contribution in [0, 0.1) is 0 Å². The topological polar surface area (TPSA) is 0 Å². The molecule has 4 aromatic rings. The van der Waals surface area contributed by atoms with E-state index in [9.17, 15) is 0 Å². The quantitative estimate of drug-likeness (QED) is 0.207. The van der Waals surface area contributed by atoms with Gasteiger partial charge >= 0.3 is 0 Å². The first-order valence-electron chi connectivity index (χ1n) is 7.98. The third-order valence-electron chi connectivity index (χ3n) is 5.36. The fourth-order valence-electron chi connectivity index (χ4n) is 4.48. The highest BCUT2D eigenvalue weighted by molar-refractivity contribution is 9.10. The van der Waals surface area contributed by atoms with Gasteiger partial charge in [0.2, 0.25) is 0 Å². The largest absolute Gasteiger partial charge is 0.147 e. The van der Waals surface area contributed by atoms with Crippen LogP contribution in [0.15, 0.2) is 68.2 Å². The van der Waals surface area contributed by atoms with E-state index in [4.69, 9.17) is 0 Å². The van der Waals surface area contributed by atoms with E-state index in [-0.39, 0.29) is 5.41 Å². The van der Waals surface area contributed by atoms with Gasteiger partial charge in [-0.2, -0.15) is 0 Å². The summed E-state index contributed by atoms with van der Waals surface area (Å²) >= 11 is 11.2. The molecule has 2 aromatic carbocycles. The van der Waals surface area contributed by atoms with Crippen molar-refractivity contribution in [3.63, 3.8) is 0 Å². The molecule has 0 radical (unpaired) electrons. The predicted molar refractivity (Wildman–Crippen MR) is 114 cm³/mol. The van der Waals surface area contributed by atoms with Crippen LogP contribution in [0.4, 0.5) is 0 Å². The molecule has 0 nitrogen and oxygen atoms in total. The first-order valence-corrected chi connectivity index (χ1v) is 11.3. The van der Waals surface area contributed by atoms with Crippen LogP contribution in [0.3, 0.4) is 0 Å². The molecule has 0 fully saturated rings. The first-order chi connectivity index (χ1) is 12.2. The Kier molecular flexibility index (Phi) is 2.95. The Morgan fingerprint density at radius 3 is 1.56 bits per heavy atom. The summed E-state index contributed by atoms with van der Waals surface area (Å²) in [5, 5.41) is 4.47. The molecule has 4 heteroatoms. The molecule has 0 saturated carbocycles. The van der Waals surface area contributed by atoms with Crippen molar-refractivity contribution in [3.8, 4) is 22.3 Å². The zero-order valence-corrected chi connectivity index (χ0v) is 17.7. The number of thiophene rings is 2. The van der Waals surface area contributed by atoms with Crippen molar-refractivity contribution in [3.05, 3.63) is 89.1 Å². The molecule has 2 heterocycles. The van der Waals surface area contributed by atoms with Crippen LogP contribution in [0.5, 0.6) is 0 Å². The van der Waals surface area contributed by atoms with Crippen LogP contribution in [-0.2, 0) is 5.41 Å². The molecule has 2 aliphatic rings. The van der Waals surface area contributed by atoms with Crippen LogP contribution in [-0.4, -0.2) is 0 Å². The van der Waals surface area contributed by atoms with Gasteiger partial charge in [0.15, 0.2) is 0 Å². The van der Waals surface area contributed by atoms with Crippen LogP contribution in [0.25, 0.3) is 22.3 Å². The molecule has 2 aliphatic carbocycles. The second kappa shape index (κ2) is 4.95. The van der Waals surface area contributed by atoms with E-state index >= 15 is 0 Å². The standard InChI is InChI=1S/C21H10Br2S2/c22-11-1-3-13-14-4-2-12(23)10-18(14)21(17(13)9-11)19-15(5-7-24-19)16-6-8-25-20(16)21/h1-10H. The van der Waals surface area contributed by atoms with Crippen molar-refractivity contribution in [1.29, 1.82) is 0 Å². The molecule has 0 saturated heterocycles. The lowest BCUT2D eigenvalue weighted by atomic mass is 9.78. The first kappa shape index (κ1) is 14.9. The molecule has 0 N–H and O–H groups in total. The van der Waals surface area contributed by atoms with E-state index in [1.807, 2.05) is 22.7 Å². The highest BCUT2D eigenvalue weighted by atomic mass is 79.9. The maximum atomic E-state index is 3.71. The second-order valence-electron chi connectivity index (χ2n) is 6.46. The summed E-state index contributed by atoms with van der Waals surface area (Å²) in [6.07, 6.45) is 0. The summed E-state index contributed by atoms with van der Waals surface area (Å²) in [4.78, 5) is 2.93. The van der Waals surface area contributed by atoms with E-state index in [0.717, 1.165) is 8.95 Å². The van der Waals surface area contributed by atoms with Crippen molar-refractivity contribution in [1.82, 2.24) is 0 Å². The molecule has 1 spiro atoms. The van der Waals surface area contributed by atoms with Gasteiger partial charge in [0, 0.05) is 18.7 Å². The molecule has 120 valence electrons. The Hall–Kier alpha value is -1.20. The van der Waals surface area contributed by atoms with Crippen LogP contribution < -0.4 is 0 Å². The fourth-order valence-corrected chi connectivity index (χ4v) is 7.56. The molecule has 25 heavy (non-hydrogen) atoms. The third kappa shape index (κ3) is 1.67. The maximum Gasteiger partial charge on any atom is 0.0912 e. The van der Waals surface area contributed by atoms with E-state index in [1.165, 1.54) is 43.1 Å². The van der Waals surface area contributed by atoms with E-state index in [1.54, 1.807) is 0 Å². The Labute approximate surface area is 170 Å². The number of fused-ring (bicyclic) bond motifs is 10. The van der Waals surface area contributed by atoms with Gasteiger partial charge in [-0.05, 0) is 80.5 Å². The van der Waals surface area contributed by atoms with E-state index < -0.39 is 0 Å². The SMILES string of the molecule is Brc1ccc2c(c1)C1(c3cc(Br)ccc3-2)c2sccc2-c2ccsc21. The third-order valence-corrected chi connectivity index (χ3v) is 8.42. The van der Waals surface area contributed by atoms with Gasteiger partial charge in [-0.1, -0.05) is 44.0 Å². The molecular weight excluding hydrogens is 476 g/mol. The number of rotatable bonds is 0. The average Bonchev–Trinajstić information content (AvgIpc) is 3.32. The van der Waals surface area contributed by atoms with Gasteiger partial charge in [0.25, 0.3) is 0 Å². The maximum absolute atomic E-state index is 3.71. The normalized spacial score (nSPS) is 15.1. The van der Waals surface area contributed by atoms with Gasteiger partial charge in [-0.25, -0.2) is 0 Å². The minimum absolute atomic E-state index is 0.161. The highest BCUT2D eigenvalue weighted by Gasteiger charge is 2.53. The minimum Gasteiger partial charge on any atom is -0.147 e. The highest BCUT2D eigenvalue weighted by Crippen LogP contribution is 2.65.